The molecule has 1 aliphatic heterocycles. The third kappa shape index (κ3) is 3.96. The van der Waals surface area contributed by atoms with Crippen LogP contribution in [-0.4, -0.2) is 23.3 Å². The molecule has 0 aromatic heterocycles. The lowest BCUT2D eigenvalue weighted by Gasteiger charge is -2.31. The molecule has 2 aliphatic rings. The molecule has 4 nitrogen and oxygen atoms in total. The van der Waals surface area contributed by atoms with Crippen LogP contribution < -0.4 is 5.32 Å². The van der Waals surface area contributed by atoms with Gasteiger partial charge in [-0.2, -0.15) is 0 Å². The zero-order valence-corrected chi connectivity index (χ0v) is 16.5. The predicted octanol–water partition coefficient (Wildman–Crippen LogP) is 4.84. The number of benzene rings is 2. The van der Waals surface area contributed by atoms with Gasteiger partial charge in [0.05, 0.1) is 6.04 Å². The first-order valence-electron chi connectivity index (χ1n) is 10.4. The standard InChI is InChI=1S/C24H28N2O2/c1-17-11-13-21-20(15-17)24(19-9-3-2-4-10-19)26(16-22(27)25-21)23(28)14-12-18-7-5-6-8-18/h2-4,9-11,13,15,18,24H,5-8,12,14,16H2,1H3,(H,25,27). The summed E-state index contributed by atoms with van der Waals surface area (Å²) < 4.78 is 0. The molecule has 4 heteroatoms. The van der Waals surface area contributed by atoms with Gasteiger partial charge in [-0.3, -0.25) is 9.59 Å². The van der Waals surface area contributed by atoms with E-state index in [9.17, 15) is 9.59 Å². The van der Waals surface area contributed by atoms with Gasteiger partial charge in [0.2, 0.25) is 11.8 Å². The van der Waals surface area contributed by atoms with Gasteiger partial charge in [-0.05, 0) is 30.9 Å². The van der Waals surface area contributed by atoms with Gasteiger partial charge in [-0.25, -0.2) is 0 Å². The lowest BCUT2D eigenvalue weighted by Crippen LogP contribution is -2.39. The zero-order chi connectivity index (χ0) is 19.5. The van der Waals surface area contributed by atoms with Crippen molar-refractivity contribution in [2.75, 3.05) is 11.9 Å². The normalized spacial score (nSPS) is 19.8. The quantitative estimate of drug-likeness (QED) is 0.830. The van der Waals surface area contributed by atoms with Crippen LogP contribution in [0.3, 0.4) is 0 Å². The highest BCUT2D eigenvalue weighted by Gasteiger charge is 2.33. The van der Waals surface area contributed by atoms with Crippen LogP contribution in [0.2, 0.25) is 0 Å². The molecule has 2 aromatic carbocycles. The van der Waals surface area contributed by atoms with Gasteiger partial charge >= 0.3 is 0 Å². The number of anilines is 1. The van der Waals surface area contributed by atoms with Crippen LogP contribution in [0.4, 0.5) is 5.69 Å². The molecule has 1 unspecified atom stereocenters. The molecule has 1 fully saturated rings. The van der Waals surface area contributed by atoms with Crippen molar-refractivity contribution in [2.45, 2.75) is 51.5 Å². The van der Waals surface area contributed by atoms with Gasteiger partial charge in [0.25, 0.3) is 0 Å². The van der Waals surface area contributed by atoms with E-state index in [1.165, 1.54) is 25.7 Å². The van der Waals surface area contributed by atoms with Crippen molar-refractivity contribution in [2.24, 2.45) is 5.92 Å². The summed E-state index contributed by atoms with van der Waals surface area (Å²) in [5, 5.41) is 3.00. The minimum Gasteiger partial charge on any atom is -0.324 e. The van der Waals surface area contributed by atoms with Crippen molar-refractivity contribution in [1.82, 2.24) is 4.90 Å². The van der Waals surface area contributed by atoms with Gasteiger partial charge in [-0.15, -0.1) is 0 Å². The number of aryl methyl sites for hydroxylation is 1. The maximum absolute atomic E-state index is 13.3. The highest BCUT2D eigenvalue weighted by Crippen LogP contribution is 2.37. The molecular weight excluding hydrogens is 348 g/mol. The second-order valence-corrected chi connectivity index (χ2v) is 8.16. The summed E-state index contributed by atoms with van der Waals surface area (Å²) in [5.74, 6) is 0.609. The van der Waals surface area contributed by atoms with E-state index >= 15 is 0 Å². The lowest BCUT2D eigenvalue weighted by molar-refractivity contribution is -0.136. The van der Waals surface area contributed by atoms with E-state index in [2.05, 4.69) is 11.4 Å². The second kappa shape index (κ2) is 8.17. The molecule has 1 saturated carbocycles. The van der Waals surface area contributed by atoms with E-state index < -0.39 is 0 Å². The summed E-state index contributed by atoms with van der Waals surface area (Å²) in [6.45, 7) is 2.14. The predicted molar refractivity (Wildman–Crippen MR) is 111 cm³/mol. The first kappa shape index (κ1) is 18.7. The highest BCUT2D eigenvalue weighted by atomic mass is 16.2. The minimum atomic E-state index is -0.244. The molecule has 2 aromatic rings. The Morgan fingerprint density at radius 1 is 1.11 bits per heavy atom. The Hall–Kier alpha value is -2.62. The molecule has 1 heterocycles. The molecule has 1 atom stereocenters. The molecule has 4 rings (SSSR count). The maximum atomic E-state index is 13.3. The van der Waals surface area contributed by atoms with Crippen molar-refractivity contribution in [1.29, 1.82) is 0 Å². The summed E-state index contributed by atoms with van der Waals surface area (Å²) in [7, 11) is 0. The van der Waals surface area contributed by atoms with E-state index in [1.54, 1.807) is 4.90 Å². The van der Waals surface area contributed by atoms with Gasteiger partial charge in [0.15, 0.2) is 0 Å². The first-order chi connectivity index (χ1) is 13.6. The third-order valence-electron chi connectivity index (χ3n) is 6.08. The van der Waals surface area contributed by atoms with E-state index in [0.29, 0.717) is 12.3 Å². The molecule has 0 saturated heterocycles. The summed E-state index contributed by atoms with van der Waals surface area (Å²) in [5.41, 5.74) is 3.95. The number of carbonyl (C=O) groups excluding carboxylic acids is 2. The van der Waals surface area contributed by atoms with Crippen molar-refractivity contribution in [3.05, 3.63) is 65.2 Å². The number of nitrogens with zero attached hydrogens (tertiary/aromatic N) is 1. The molecule has 2 amide bonds. The molecule has 0 spiro atoms. The Kier molecular flexibility index (Phi) is 5.47. The Labute approximate surface area is 166 Å². The molecule has 1 aliphatic carbocycles. The van der Waals surface area contributed by atoms with Crippen LogP contribution in [0.5, 0.6) is 0 Å². The van der Waals surface area contributed by atoms with Crippen LogP contribution in [0, 0.1) is 12.8 Å². The maximum Gasteiger partial charge on any atom is 0.244 e. The Bertz CT molecular complexity index is 856. The van der Waals surface area contributed by atoms with E-state index in [0.717, 1.165) is 28.8 Å². The van der Waals surface area contributed by atoms with Crippen molar-refractivity contribution in [3.63, 3.8) is 0 Å². The van der Waals surface area contributed by atoms with Crippen molar-refractivity contribution < 1.29 is 9.59 Å². The number of carbonyl (C=O) groups is 2. The Balaban J connectivity index is 1.69. The van der Waals surface area contributed by atoms with Gasteiger partial charge in [0, 0.05) is 17.7 Å². The van der Waals surface area contributed by atoms with E-state index in [-0.39, 0.29) is 24.4 Å². The minimum absolute atomic E-state index is 0.0743. The number of amides is 2. The molecular formula is C24H28N2O2. The van der Waals surface area contributed by atoms with Gasteiger partial charge < -0.3 is 10.2 Å². The topological polar surface area (TPSA) is 49.4 Å². The Morgan fingerprint density at radius 3 is 2.61 bits per heavy atom. The number of hydrogen-bond acceptors (Lipinski definition) is 2. The zero-order valence-electron chi connectivity index (χ0n) is 16.5. The number of nitrogens with one attached hydrogen (secondary N) is 1. The fourth-order valence-electron chi connectivity index (χ4n) is 4.62. The fourth-order valence-corrected chi connectivity index (χ4v) is 4.62. The summed E-state index contributed by atoms with van der Waals surface area (Å²) >= 11 is 0. The highest BCUT2D eigenvalue weighted by molar-refractivity contribution is 5.97. The summed E-state index contributed by atoms with van der Waals surface area (Å²) in [6, 6.07) is 15.9. The fraction of sp³-hybridized carbons (Fsp3) is 0.417. The van der Waals surface area contributed by atoms with Gasteiger partial charge in [0.1, 0.15) is 6.54 Å². The molecule has 0 bridgehead atoms. The first-order valence-corrected chi connectivity index (χ1v) is 10.4. The molecule has 28 heavy (non-hydrogen) atoms. The van der Waals surface area contributed by atoms with Crippen LogP contribution in [-0.2, 0) is 9.59 Å². The smallest absolute Gasteiger partial charge is 0.244 e. The van der Waals surface area contributed by atoms with E-state index in [4.69, 9.17) is 0 Å². The number of fused-ring (bicyclic) bond motifs is 1. The van der Waals surface area contributed by atoms with Gasteiger partial charge in [-0.1, -0.05) is 73.7 Å². The summed E-state index contributed by atoms with van der Waals surface area (Å²) in [4.78, 5) is 27.6. The lowest BCUT2D eigenvalue weighted by atomic mass is 9.94. The van der Waals surface area contributed by atoms with Crippen LogP contribution >= 0.6 is 0 Å². The summed E-state index contributed by atoms with van der Waals surface area (Å²) in [6.07, 6.45) is 6.48. The van der Waals surface area contributed by atoms with Crippen LogP contribution in [0.1, 0.15) is 61.3 Å². The average molecular weight is 377 g/mol. The third-order valence-corrected chi connectivity index (χ3v) is 6.08. The van der Waals surface area contributed by atoms with Crippen LogP contribution in [0.25, 0.3) is 0 Å². The average Bonchev–Trinajstić information content (AvgIpc) is 3.17. The largest absolute Gasteiger partial charge is 0.324 e. The van der Waals surface area contributed by atoms with Crippen molar-refractivity contribution >= 4 is 17.5 Å². The van der Waals surface area contributed by atoms with Crippen LogP contribution in [0.15, 0.2) is 48.5 Å². The number of hydrogen-bond donors (Lipinski definition) is 1. The Morgan fingerprint density at radius 2 is 1.86 bits per heavy atom. The second-order valence-electron chi connectivity index (χ2n) is 8.16. The molecule has 1 N–H and O–H groups in total. The molecule has 146 valence electrons. The number of rotatable bonds is 4. The monoisotopic (exact) mass is 376 g/mol. The molecule has 0 radical (unpaired) electrons. The van der Waals surface area contributed by atoms with Crippen molar-refractivity contribution in [3.8, 4) is 0 Å². The SMILES string of the molecule is Cc1ccc2c(c1)C(c1ccccc1)N(C(=O)CCC1CCCC1)CC(=O)N2. The van der Waals surface area contributed by atoms with E-state index in [1.807, 2.05) is 49.4 Å².